The van der Waals surface area contributed by atoms with Crippen LogP contribution in [0.2, 0.25) is 0 Å². The van der Waals surface area contributed by atoms with Crippen LogP contribution in [-0.2, 0) is 11.0 Å². The Labute approximate surface area is 119 Å². The molecule has 0 aliphatic carbocycles. The summed E-state index contributed by atoms with van der Waals surface area (Å²) >= 11 is 2.42. The van der Waals surface area contributed by atoms with Gasteiger partial charge in [-0.15, -0.1) is 10.2 Å². The van der Waals surface area contributed by atoms with Crippen LogP contribution < -0.4 is 5.32 Å². The van der Waals surface area contributed by atoms with E-state index < -0.39 is 17.8 Å². The van der Waals surface area contributed by atoms with Crippen LogP contribution in [0.25, 0.3) is 0 Å². The van der Waals surface area contributed by atoms with Gasteiger partial charge in [0, 0.05) is 0 Å². The first-order valence-electron chi connectivity index (χ1n) is 5.18. The highest BCUT2D eigenvalue weighted by Gasteiger charge is 2.32. The molecule has 0 saturated carbocycles. The molecule has 1 amide bonds. The summed E-state index contributed by atoms with van der Waals surface area (Å²) in [5, 5.41) is 9.63. The third-order valence-corrected chi connectivity index (χ3v) is 3.83. The average Bonchev–Trinajstić information content (AvgIpc) is 2.89. The third-order valence-electron chi connectivity index (χ3n) is 1.97. The summed E-state index contributed by atoms with van der Waals surface area (Å²) in [4.78, 5) is 14.9. The smallest absolute Gasteiger partial charge is 0.310 e. The number of carbonyl (C=O) groups excluding carboxylic acids is 1. The molecule has 0 saturated heterocycles. The van der Waals surface area contributed by atoms with Crippen LogP contribution in [0.1, 0.15) is 5.69 Å². The maximum atomic E-state index is 12.4. The second-order valence-electron chi connectivity index (χ2n) is 3.45. The molecule has 0 radical (unpaired) electrons. The zero-order chi connectivity index (χ0) is 14.6. The summed E-state index contributed by atoms with van der Waals surface area (Å²) in [5.74, 6) is -0.577. The van der Waals surface area contributed by atoms with Crippen molar-refractivity contribution in [2.45, 2.75) is 10.5 Å². The second-order valence-corrected chi connectivity index (χ2v) is 5.50. The highest BCUT2D eigenvalue weighted by atomic mass is 32.2. The Kier molecular flexibility index (Phi) is 4.55. The highest BCUT2D eigenvalue weighted by Crippen LogP contribution is 2.28. The summed E-state index contributed by atoms with van der Waals surface area (Å²) in [7, 11) is 0. The molecule has 2 rings (SSSR count). The standard InChI is InChI=1S/C10H7F3N4OS2/c11-10(12,13)6-2-1-3-7(15-6)16-8(18)4-19-9-17-14-5-20-9/h1-3,5H,4H2,(H,15,16,18). The van der Waals surface area contributed by atoms with Crippen molar-refractivity contribution in [2.24, 2.45) is 0 Å². The molecule has 0 aromatic carbocycles. The van der Waals surface area contributed by atoms with E-state index in [-0.39, 0.29) is 11.6 Å². The van der Waals surface area contributed by atoms with E-state index in [0.717, 1.165) is 17.8 Å². The Balaban J connectivity index is 1.94. The van der Waals surface area contributed by atoms with E-state index in [1.54, 1.807) is 0 Å². The van der Waals surface area contributed by atoms with Gasteiger partial charge in [-0.2, -0.15) is 13.2 Å². The number of carbonyl (C=O) groups is 1. The number of anilines is 1. The SMILES string of the molecule is O=C(CSc1nncs1)Nc1cccc(C(F)(F)F)n1. The Morgan fingerprint density at radius 3 is 2.85 bits per heavy atom. The number of nitrogens with zero attached hydrogens (tertiary/aromatic N) is 3. The minimum Gasteiger partial charge on any atom is -0.310 e. The van der Waals surface area contributed by atoms with Gasteiger partial charge in [0.25, 0.3) is 0 Å². The summed E-state index contributed by atoms with van der Waals surface area (Å²) in [5.41, 5.74) is 0.473. The molecule has 2 aromatic heterocycles. The van der Waals surface area contributed by atoms with Crippen molar-refractivity contribution in [1.29, 1.82) is 0 Å². The fourth-order valence-electron chi connectivity index (χ4n) is 1.19. The number of amides is 1. The van der Waals surface area contributed by atoms with Gasteiger partial charge in [0.15, 0.2) is 4.34 Å². The van der Waals surface area contributed by atoms with Gasteiger partial charge in [0.1, 0.15) is 17.0 Å². The van der Waals surface area contributed by atoms with Crippen LogP contribution in [0.3, 0.4) is 0 Å². The molecular formula is C10H7F3N4OS2. The van der Waals surface area contributed by atoms with Crippen LogP contribution in [0, 0.1) is 0 Å². The van der Waals surface area contributed by atoms with Crippen molar-refractivity contribution in [2.75, 3.05) is 11.1 Å². The molecule has 2 aromatic rings. The van der Waals surface area contributed by atoms with E-state index >= 15 is 0 Å². The molecule has 0 fully saturated rings. The Morgan fingerprint density at radius 2 is 2.20 bits per heavy atom. The highest BCUT2D eigenvalue weighted by molar-refractivity contribution is 8.01. The van der Waals surface area contributed by atoms with E-state index in [9.17, 15) is 18.0 Å². The van der Waals surface area contributed by atoms with Gasteiger partial charge < -0.3 is 5.32 Å². The van der Waals surface area contributed by atoms with Crippen molar-refractivity contribution in [1.82, 2.24) is 15.2 Å². The maximum Gasteiger partial charge on any atom is 0.433 e. The summed E-state index contributed by atoms with van der Waals surface area (Å²) in [6.07, 6.45) is -4.54. The number of pyridine rings is 1. The van der Waals surface area contributed by atoms with Gasteiger partial charge in [-0.1, -0.05) is 29.2 Å². The first-order valence-corrected chi connectivity index (χ1v) is 7.05. The number of rotatable bonds is 4. The lowest BCUT2D eigenvalue weighted by molar-refractivity contribution is -0.141. The zero-order valence-electron chi connectivity index (χ0n) is 9.72. The van der Waals surface area contributed by atoms with Crippen LogP contribution >= 0.6 is 23.1 Å². The molecule has 0 atom stereocenters. The van der Waals surface area contributed by atoms with Gasteiger partial charge >= 0.3 is 6.18 Å². The van der Waals surface area contributed by atoms with Crippen molar-refractivity contribution >= 4 is 34.8 Å². The molecular weight excluding hydrogens is 313 g/mol. The van der Waals surface area contributed by atoms with Crippen molar-refractivity contribution < 1.29 is 18.0 Å². The number of thioether (sulfide) groups is 1. The van der Waals surface area contributed by atoms with Gasteiger partial charge in [0.05, 0.1) is 5.75 Å². The van der Waals surface area contributed by atoms with E-state index in [2.05, 4.69) is 20.5 Å². The molecule has 1 N–H and O–H groups in total. The fourth-order valence-corrected chi connectivity index (χ4v) is 2.48. The number of nitrogens with one attached hydrogen (secondary N) is 1. The molecule has 2 heterocycles. The van der Waals surface area contributed by atoms with Gasteiger partial charge in [-0.25, -0.2) is 4.98 Å². The van der Waals surface area contributed by atoms with Gasteiger partial charge in [0.2, 0.25) is 5.91 Å². The Morgan fingerprint density at radius 1 is 1.40 bits per heavy atom. The van der Waals surface area contributed by atoms with Crippen LogP contribution in [0.4, 0.5) is 19.0 Å². The Bertz CT molecular complexity index is 588. The number of alkyl halides is 3. The predicted molar refractivity (Wildman–Crippen MR) is 68.5 cm³/mol. The zero-order valence-corrected chi connectivity index (χ0v) is 11.3. The maximum absolute atomic E-state index is 12.4. The molecule has 0 unspecified atom stereocenters. The van der Waals surface area contributed by atoms with Crippen LogP contribution in [0.15, 0.2) is 28.0 Å². The summed E-state index contributed by atoms with van der Waals surface area (Å²) < 4.78 is 37.9. The quantitative estimate of drug-likeness (QED) is 0.877. The molecule has 0 bridgehead atoms. The lowest BCUT2D eigenvalue weighted by Crippen LogP contribution is -2.16. The molecule has 0 aliphatic rings. The predicted octanol–water partition coefficient (Wildman–Crippen LogP) is 2.68. The van der Waals surface area contributed by atoms with E-state index in [0.29, 0.717) is 4.34 Å². The topological polar surface area (TPSA) is 67.8 Å². The van der Waals surface area contributed by atoms with E-state index in [4.69, 9.17) is 0 Å². The first-order chi connectivity index (χ1) is 9.45. The number of aromatic nitrogens is 3. The molecule has 0 aliphatic heterocycles. The molecule has 106 valence electrons. The van der Waals surface area contributed by atoms with E-state index in [1.165, 1.54) is 29.0 Å². The minimum absolute atomic E-state index is 0.0210. The lowest BCUT2D eigenvalue weighted by atomic mass is 10.3. The summed E-state index contributed by atoms with van der Waals surface area (Å²) in [6, 6.07) is 3.32. The first kappa shape index (κ1) is 14.7. The third kappa shape index (κ3) is 4.17. The van der Waals surface area contributed by atoms with Crippen LogP contribution in [-0.4, -0.2) is 26.8 Å². The summed E-state index contributed by atoms with van der Waals surface area (Å²) in [6.45, 7) is 0. The largest absolute Gasteiger partial charge is 0.433 e. The average molecular weight is 320 g/mol. The monoisotopic (exact) mass is 320 g/mol. The minimum atomic E-state index is -4.54. The van der Waals surface area contributed by atoms with Gasteiger partial charge in [-0.3, -0.25) is 4.79 Å². The lowest BCUT2D eigenvalue weighted by Gasteiger charge is -2.08. The second kappa shape index (κ2) is 6.18. The molecule has 5 nitrogen and oxygen atoms in total. The normalized spacial score (nSPS) is 11.3. The Hall–Kier alpha value is -1.68. The van der Waals surface area contributed by atoms with Crippen LogP contribution in [0.5, 0.6) is 0 Å². The molecule has 0 spiro atoms. The van der Waals surface area contributed by atoms with Crippen molar-refractivity contribution in [3.05, 3.63) is 29.4 Å². The number of halogens is 3. The fraction of sp³-hybridized carbons (Fsp3) is 0.200. The number of hydrogen-bond acceptors (Lipinski definition) is 6. The van der Waals surface area contributed by atoms with Crippen molar-refractivity contribution in [3.8, 4) is 0 Å². The van der Waals surface area contributed by atoms with Crippen molar-refractivity contribution in [3.63, 3.8) is 0 Å². The molecule has 10 heteroatoms. The number of hydrogen-bond donors (Lipinski definition) is 1. The van der Waals surface area contributed by atoms with Gasteiger partial charge in [-0.05, 0) is 12.1 Å². The molecule has 20 heavy (non-hydrogen) atoms. The van der Waals surface area contributed by atoms with E-state index in [1.807, 2.05) is 0 Å².